The molecule has 0 amide bonds. The van der Waals surface area contributed by atoms with E-state index in [1.54, 1.807) is 12.1 Å². The van der Waals surface area contributed by atoms with E-state index >= 15 is 0 Å². The highest BCUT2D eigenvalue weighted by atomic mass is 79.9. The third kappa shape index (κ3) is 5.23. The fourth-order valence-corrected chi connectivity index (χ4v) is 2.51. The molecule has 0 saturated carbocycles. The minimum atomic E-state index is -0.901. The molecule has 1 aromatic rings. The third-order valence-corrected chi connectivity index (χ3v) is 4.00. The summed E-state index contributed by atoms with van der Waals surface area (Å²) < 4.78 is 0.803. The molecule has 4 heteroatoms. The van der Waals surface area contributed by atoms with E-state index in [9.17, 15) is 4.79 Å². The highest BCUT2D eigenvalue weighted by Gasteiger charge is 2.09. The van der Waals surface area contributed by atoms with Crippen molar-refractivity contribution in [3.63, 3.8) is 0 Å². The molecular weight excluding hydrogens is 306 g/mol. The minimum Gasteiger partial charge on any atom is -0.478 e. The van der Waals surface area contributed by atoms with Crippen molar-refractivity contribution in [1.29, 1.82) is 0 Å². The normalized spacial score (nSPS) is 12.2. The lowest BCUT2D eigenvalue weighted by molar-refractivity contribution is 0.0697. The van der Waals surface area contributed by atoms with Gasteiger partial charge in [0.1, 0.15) is 0 Å². The lowest BCUT2D eigenvalue weighted by atomic mass is 9.99. The van der Waals surface area contributed by atoms with Crippen LogP contribution < -0.4 is 5.32 Å². The summed E-state index contributed by atoms with van der Waals surface area (Å²) in [5.41, 5.74) is 1.26. The summed E-state index contributed by atoms with van der Waals surface area (Å²) in [4.78, 5) is 10.9. The number of rotatable bonds is 8. The molecule has 0 bridgehead atoms. The third-order valence-electron chi connectivity index (χ3n) is 3.34. The predicted molar refractivity (Wildman–Crippen MR) is 82.9 cm³/mol. The summed E-state index contributed by atoms with van der Waals surface area (Å²) >= 11 is 3.41. The van der Waals surface area contributed by atoms with Crippen LogP contribution in [0.25, 0.3) is 0 Å². The Bertz CT molecular complexity index is 421. The zero-order valence-corrected chi connectivity index (χ0v) is 13.2. The Morgan fingerprint density at radius 1 is 1.42 bits per heavy atom. The number of anilines is 1. The maximum atomic E-state index is 10.9. The number of unbranched alkanes of at least 4 members (excludes halogenated alkanes) is 1. The lowest BCUT2D eigenvalue weighted by Gasteiger charge is -2.17. The van der Waals surface area contributed by atoms with Gasteiger partial charge < -0.3 is 10.4 Å². The molecule has 1 rings (SSSR count). The highest BCUT2D eigenvalue weighted by molar-refractivity contribution is 9.10. The molecule has 0 aromatic heterocycles. The molecule has 0 saturated heterocycles. The first-order valence-corrected chi connectivity index (χ1v) is 7.64. The van der Waals surface area contributed by atoms with Crippen LogP contribution in [0, 0.1) is 5.92 Å². The standard InChI is InChI=1S/C15H22BrNO2/c1-3-5-6-11(4-2)10-17-14-8-7-12(15(18)19)9-13(14)16/h7-9,11,17H,3-6,10H2,1-2H3,(H,18,19). The Morgan fingerprint density at radius 3 is 2.68 bits per heavy atom. The van der Waals surface area contributed by atoms with Crippen LogP contribution in [0.2, 0.25) is 0 Å². The second-order valence-electron chi connectivity index (χ2n) is 4.80. The molecule has 1 unspecified atom stereocenters. The fourth-order valence-electron chi connectivity index (χ4n) is 1.99. The van der Waals surface area contributed by atoms with Gasteiger partial charge in [-0.1, -0.05) is 33.1 Å². The Morgan fingerprint density at radius 2 is 2.16 bits per heavy atom. The zero-order chi connectivity index (χ0) is 14.3. The van der Waals surface area contributed by atoms with Crippen LogP contribution in [-0.4, -0.2) is 17.6 Å². The van der Waals surface area contributed by atoms with E-state index in [0.29, 0.717) is 11.5 Å². The molecule has 0 fully saturated rings. The molecule has 19 heavy (non-hydrogen) atoms. The molecule has 3 nitrogen and oxygen atoms in total. The Kier molecular flexibility index (Phi) is 6.92. The van der Waals surface area contributed by atoms with Crippen LogP contribution in [0.15, 0.2) is 22.7 Å². The van der Waals surface area contributed by atoms with Gasteiger partial charge in [-0.25, -0.2) is 4.79 Å². The first-order valence-electron chi connectivity index (χ1n) is 6.85. The minimum absolute atomic E-state index is 0.301. The van der Waals surface area contributed by atoms with Gasteiger partial charge in [0.2, 0.25) is 0 Å². The molecule has 106 valence electrons. The number of halogens is 1. The van der Waals surface area contributed by atoms with E-state index in [1.165, 1.54) is 19.3 Å². The summed E-state index contributed by atoms with van der Waals surface area (Å²) in [7, 11) is 0. The average molecular weight is 328 g/mol. The van der Waals surface area contributed by atoms with E-state index in [1.807, 2.05) is 6.07 Å². The maximum Gasteiger partial charge on any atom is 0.335 e. The van der Waals surface area contributed by atoms with Crippen molar-refractivity contribution in [2.75, 3.05) is 11.9 Å². The molecule has 0 aliphatic carbocycles. The topological polar surface area (TPSA) is 49.3 Å². The predicted octanol–water partition coefficient (Wildman–Crippen LogP) is 4.78. The Balaban J connectivity index is 2.59. The van der Waals surface area contributed by atoms with Crippen LogP contribution in [-0.2, 0) is 0 Å². The van der Waals surface area contributed by atoms with Crippen LogP contribution in [0.1, 0.15) is 49.9 Å². The van der Waals surface area contributed by atoms with Gasteiger partial charge in [-0.15, -0.1) is 0 Å². The summed E-state index contributed by atoms with van der Waals surface area (Å²) in [6, 6.07) is 5.08. The molecule has 2 N–H and O–H groups in total. The first-order chi connectivity index (χ1) is 9.08. The monoisotopic (exact) mass is 327 g/mol. The highest BCUT2D eigenvalue weighted by Crippen LogP contribution is 2.24. The van der Waals surface area contributed by atoms with Gasteiger partial charge in [-0.3, -0.25) is 0 Å². The fraction of sp³-hybridized carbons (Fsp3) is 0.533. The average Bonchev–Trinajstić information content (AvgIpc) is 2.40. The molecule has 1 aromatic carbocycles. The number of benzene rings is 1. The molecule has 0 aliphatic rings. The number of hydrogen-bond donors (Lipinski definition) is 2. The lowest BCUT2D eigenvalue weighted by Crippen LogP contribution is -2.14. The van der Waals surface area contributed by atoms with Crippen LogP contribution in [0.3, 0.4) is 0 Å². The van der Waals surface area contributed by atoms with E-state index in [-0.39, 0.29) is 0 Å². The van der Waals surface area contributed by atoms with Crippen molar-refractivity contribution in [1.82, 2.24) is 0 Å². The van der Waals surface area contributed by atoms with Gasteiger partial charge >= 0.3 is 5.97 Å². The van der Waals surface area contributed by atoms with E-state index in [4.69, 9.17) is 5.11 Å². The van der Waals surface area contributed by atoms with Crippen molar-refractivity contribution in [3.05, 3.63) is 28.2 Å². The number of aromatic carboxylic acids is 1. The Labute approximate surface area is 123 Å². The van der Waals surface area contributed by atoms with Crippen molar-refractivity contribution in [3.8, 4) is 0 Å². The van der Waals surface area contributed by atoms with Gasteiger partial charge in [0.15, 0.2) is 0 Å². The summed E-state index contributed by atoms with van der Waals surface area (Å²) in [5.74, 6) is -0.229. The van der Waals surface area contributed by atoms with Crippen molar-refractivity contribution >= 4 is 27.6 Å². The van der Waals surface area contributed by atoms with Gasteiger partial charge in [0.05, 0.1) is 5.56 Å². The number of carboxylic acid groups (broad SMARTS) is 1. The van der Waals surface area contributed by atoms with E-state index in [2.05, 4.69) is 35.1 Å². The summed E-state index contributed by atoms with van der Waals surface area (Å²) in [6.07, 6.45) is 4.90. The van der Waals surface area contributed by atoms with E-state index < -0.39 is 5.97 Å². The smallest absolute Gasteiger partial charge is 0.335 e. The van der Waals surface area contributed by atoms with Gasteiger partial charge in [0.25, 0.3) is 0 Å². The summed E-state index contributed by atoms with van der Waals surface area (Å²) in [6.45, 7) is 5.35. The second kappa shape index (κ2) is 8.20. The molecule has 0 heterocycles. The summed E-state index contributed by atoms with van der Waals surface area (Å²) in [5, 5.41) is 12.3. The zero-order valence-electron chi connectivity index (χ0n) is 11.6. The molecular formula is C15H22BrNO2. The molecule has 0 radical (unpaired) electrons. The van der Waals surface area contributed by atoms with Crippen molar-refractivity contribution in [2.24, 2.45) is 5.92 Å². The molecule has 1 atom stereocenters. The second-order valence-corrected chi connectivity index (χ2v) is 5.65. The first kappa shape index (κ1) is 16.0. The number of carboxylic acids is 1. The van der Waals surface area contributed by atoms with Crippen LogP contribution >= 0.6 is 15.9 Å². The van der Waals surface area contributed by atoms with Crippen LogP contribution in [0.5, 0.6) is 0 Å². The SMILES string of the molecule is CCCCC(CC)CNc1ccc(C(=O)O)cc1Br. The largest absolute Gasteiger partial charge is 0.478 e. The molecule has 0 spiro atoms. The maximum absolute atomic E-state index is 10.9. The number of hydrogen-bond acceptors (Lipinski definition) is 2. The quantitative estimate of drug-likeness (QED) is 0.722. The Hall–Kier alpha value is -1.03. The van der Waals surface area contributed by atoms with Gasteiger partial charge in [0, 0.05) is 16.7 Å². The van der Waals surface area contributed by atoms with E-state index in [0.717, 1.165) is 23.1 Å². The van der Waals surface area contributed by atoms with Gasteiger partial charge in [-0.05, 0) is 46.5 Å². The van der Waals surface area contributed by atoms with Crippen molar-refractivity contribution in [2.45, 2.75) is 39.5 Å². The van der Waals surface area contributed by atoms with Crippen LogP contribution in [0.4, 0.5) is 5.69 Å². The number of carbonyl (C=O) groups is 1. The molecule has 0 aliphatic heterocycles. The van der Waals surface area contributed by atoms with Crippen molar-refractivity contribution < 1.29 is 9.90 Å². The number of nitrogens with one attached hydrogen (secondary N) is 1. The van der Waals surface area contributed by atoms with Gasteiger partial charge in [-0.2, -0.15) is 0 Å².